The first-order valence-electron chi connectivity index (χ1n) is 11.7. The second-order valence-electron chi connectivity index (χ2n) is 9.60. The third-order valence-corrected chi connectivity index (χ3v) is 15.8. The predicted octanol–water partition coefficient (Wildman–Crippen LogP) is 6.22. The first kappa shape index (κ1) is 25.6. The molecular formula is C24H40O4S2Si. The molecule has 4 nitrogen and oxygen atoms in total. The molecule has 0 aliphatic carbocycles. The minimum atomic E-state index is -2.05. The zero-order chi connectivity index (χ0) is 22.6. The Morgan fingerprint density at radius 1 is 0.968 bits per heavy atom. The van der Waals surface area contributed by atoms with Crippen LogP contribution in [0.1, 0.15) is 59.8 Å². The molecule has 2 heterocycles. The topological polar surface area (TPSA) is 47.9 Å². The van der Waals surface area contributed by atoms with Crippen molar-refractivity contribution in [2.75, 3.05) is 18.1 Å². The van der Waals surface area contributed by atoms with Crippen LogP contribution in [0.3, 0.4) is 0 Å². The van der Waals surface area contributed by atoms with E-state index < -0.39 is 26.8 Å². The lowest BCUT2D eigenvalue weighted by Gasteiger charge is -2.46. The normalized spacial score (nSPS) is 28.6. The minimum absolute atomic E-state index is 0.226. The van der Waals surface area contributed by atoms with Crippen LogP contribution in [0.25, 0.3) is 0 Å². The fourth-order valence-electron chi connectivity index (χ4n) is 5.26. The second-order valence-corrected chi connectivity index (χ2v) is 17.9. The monoisotopic (exact) mass is 484 g/mol. The van der Waals surface area contributed by atoms with Gasteiger partial charge in [0.05, 0.1) is 11.2 Å². The standard InChI is InChI=1S/C24H40O4S2Si/c1-16(2)31(17(3)4,18(5)6)26-15-20-21(25)22(24-29-13-10-14-30-24)28-23(27-20)19-11-8-7-9-12-19/h7-9,11-12,16-18,20-25H,10,13-15H2,1-6H3/t20-,21-,22-,23-/m1/s1. The molecule has 0 saturated carbocycles. The van der Waals surface area contributed by atoms with Gasteiger partial charge in [-0.15, -0.1) is 23.5 Å². The Morgan fingerprint density at radius 2 is 1.55 bits per heavy atom. The average molecular weight is 485 g/mol. The summed E-state index contributed by atoms with van der Waals surface area (Å²) in [6, 6.07) is 10.1. The lowest BCUT2D eigenvalue weighted by Crippen LogP contribution is -2.56. The lowest BCUT2D eigenvalue weighted by atomic mass is 10.1. The highest BCUT2D eigenvalue weighted by molar-refractivity contribution is 8.17. The first-order chi connectivity index (χ1) is 14.8. The van der Waals surface area contributed by atoms with Crippen LogP contribution in [0, 0.1) is 0 Å². The summed E-state index contributed by atoms with van der Waals surface area (Å²) < 4.78 is 19.8. The van der Waals surface area contributed by atoms with E-state index in [1.165, 1.54) is 6.42 Å². The van der Waals surface area contributed by atoms with E-state index >= 15 is 0 Å². The van der Waals surface area contributed by atoms with Crippen molar-refractivity contribution >= 4 is 31.8 Å². The smallest absolute Gasteiger partial charge is 0.200 e. The zero-order valence-corrected chi connectivity index (χ0v) is 22.5. The van der Waals surface area contributed by atoms with Crippen LogP contribution in [-0.2, 0) is 13.9 Å². The summed E-state index contributed by atoms with van der Waals surface area (Å²) in [4.78, 5) is 0. The van der Waals surface area contributed by atoms with Crippen molar-refractivity contribution in [1.29, 1.82) is 0 Å². The van der Waals surface area contributed by atoms with E-state index in [4.69, 9.17) is 13.9 Å². The molecule has 0 spiro atoms. The number of hydrogen-bond acceptors (Lipinski definition) is 6. The molecular weight excluding hydrogens is 444 g/mol. The molecule has 0 aromatic heterocycles. The van der Waals surface area contributed by atoms with Gasteiger partial charge in [0.15, 0.2) is 14.6 Å². The fraction of sp³-hybridized carbons (Fsp3) is 0.750. The van der Waals surface area contributed by atoms with Gasteiger partial charge >= 0.3 is 0 Å². The Kier molecular flexibility index (Phi) is 9.42. The molecule has 7 heteroatoms. The Labute approximate surface area is 198 Å². The summed E-state index contributed by atoms with van der Waals surface area (Å²) in [5.41, 5.74) is 2.48. The van der Waals surface area contributed by atoms with Gasteiger partial charge < -0.3 is 19.0 Å². The number of thioether (sulfide) groups is 2. The largest absolute Gasteiger partial charge is 0.413 e. The van der Waals surface area contributed by atoms with Crippen LogP contribution in [0.15, 0.2) is 30.3 Å². The molecule has 2 aliphatic rings. The molecule has 2 aliphatic heterocycles. The molecule has 1 aromatic rings. The Bertz CT molecular complexity index is 645. The van der Waals surface area contributed by atoms with E-state index in [0.717, 1.165) is 17.1 Å². The van der Waals surface area contributed by atoms with E-state index in [2.05, 4.69) is 41.5 Å². The third-order valence-electron chi connectivity index (χ3n) is 6.69. The van der Waals surface area contributed by atoms with Crippen LogP contribution in [0.4, 0.5) is 0 Å². The molecule has 0 amide bonds. The van der Waals surface area contributed by atoms with Crippen molar-refractivity contribution in [2.24, 2.45) is 0 Å². The molecule has 0 bridgehead atoms. The van der Waals surface area contributed by atoms with E-state index in [0.29, 0.717) is 23.2 Å². The highest BCUT2D eigenvalue weighted by Crippen LogP contribution is 2.44. The maximum Gasteiger partial charge on any atom is 0.200 e. The Hall–Kier alpha value is -0.0231. The summed E-state index contributed by atoms with van der Waals surface area (Å²) >= 11 is 3.80. The molecule has 2 fully saturated rings. The van der Waals surface area contributed by atoms with E-state index in [-0.39, 0.29) is 10.7 Å². The summed E-state index contributed by atoms with van der Waals surface area (Å²) in [6.45, 7) is 14.2. The van der Waals surface area contributed by atoms with Crippen LogP contribution in [0.2, 0.25) is 16.6 Å². The average Bonchev–Trinajstić information content (AvgIpc) is 2.75. The van der Waals surface area contributed by atoms with Crippen LogP contribution in [0.5, 0.6) is 0 Å². The molecule has 4 atom stereocenters. The first-order valence-corrected chi connectivity index (χ1v) is 15.9. The lowest BCUT2D eigenvalue weighted by molar-refractivity contribution is -0.289. The van der Waals surface area contributed by atoms with Crippen molar-refractivity contribution in [3.63, 3.8) is 0 Å². The van der Waals surface area contributed by atoms with E-state index in [9.17, 15) is 5.11 Å². The van der Waals surface area contributed by atoms with Gasteiger partial charge in [-0.1, -0.05) is 71.9 Å². The quantitative estimate of drug-likeness (QED) is 0.442. The van der Waals surface area contributed by atoms with Crippen LogP contribution >= 0.6 is 23.5 Å². The van der Waals surface area contributed by atoms with Crippen molar-refractivity contribution in [2.45, 2.75) is 93.8 Å². The summed E-state index contributed by atoms with van der Waals surface area (Å²) in [7, 11) is -2.05. The van der Waals surface area contributed by atoms with E-state index in [1.807, 2.05) is 53.9 Å². The SMILES string of the molecule is CC(C)[Si](OC[C@H]1O[C@@H](c2ccccc2)O[C@@H](C2SCCCS2)[C@@H]1O)(C(C)C)C(C)C. The van der Waals surface area contributed by atoms with Crippen LogP contribution < -0.4 is 0 Å². The molecule has 1 aromatic carbocycles. The highest BCUT2D eigenvalue weighted by atomic mass is 32.2. The minimum Gasteiger partial charge on any atom is -0.413 e. The predicted molar refractivity (Wildman–Crippen MR) is 135 cm³/mol. The van der Waals surface area contributed by atoms with Crippen molar-refractivity contribution in [1.82, 2.24) is 0 Å². The molecule has 3 rings (SSSR count). The number of benzene rings is 1. The molecule has 1 N–H and O–H groups in total. The van der Waals surface area contributed by atoms with Crippen molar-refractivity contribution in [3.05, 3.63) is 35.9 Å². The summed E-state index contributed by atoms with van der Waals surface area (Å²) in [6.07, 6.45) is -0.613. The summed E-state index contributed by atoms with van der Waals surface area (Å²) in [5.74, 6) is 2.23. The number of aliphatic hydroxyl groups excluding tert-OH is 1. The maximum atomic E-state index is 11.3. The van der Waals surface area contributed by atoms with Crippen LogP contribution in [-0.4, -0.2) is 54.4 Å². The molecule has 176 valence electrons. The van der Waals surface area contributed by atoms with Gasteiger partial charge in [0.2, 0.25) is 0 Å². The van der Waals surface area contributed by atoms with Gasteiger partial charge in [-0.25, -0.2) is 0 Å². The van der Waals surface area contributed by atoms with Gasteiger partial charge in [-0.2, -0.15) is 0 Å². The van der Waals surface area contributed by atoms with Gasteiger partial charge in [0, 0.05) is 5.56 Å². The number of hydrogen-bond donors (Lipinski definition) is 1. The second kappa shape index (κ2) is 11.4. The molecule has 31 heavy (non-hydrogen) atoms. The fourth-order valence-corrected chi connectivity index (χ4v) is 13.8. The van der Waals surface area contributed by atoms with Gasteiger partial charge in [-0.3, -0.25) is 0 Å². The zero-order valence-electron chi connectivity index (χ0n) is 19.8. The van der Waals surface area contributed by atoms with Crippen molar-refractivity contribution in [3.8, 4) is 0 Å². The summed E-state index contributed by atoms with van der Waals surface area (Å²) in [5, 5.41) is 11.3. The Morgan fingerprint density at radius 3 is 2.10 bits per heavy atom. The third kappa shape index (κ3) is 5.73. The molecule has 2 saturated heterocycles. The van der Waals surface area contributed by atoms with Gasteiger partial charge in [0.25, 0.3) is 0 Å². The Balaban J connectivity index is 1.82. The van der Waals surface area contributed by atoms with E-state index in [1.54, 1.807) is 0 Å². The maximum absolute atomic E-state index is 11.3. The van der Waals surface area contributed by atoms with Gasteiger partial charge in [-0.05, 0) is 34.6 Å². The highest BCUT2D eigenvalue weighted by Gasteiger charge is 2.48. The number of aliphatic hydroxyl groups is 1. The van der Waals surface area contributed by atoms with Crippen molar-refractivity contribution < 1.29 is 19.0 Å². The number of ether oxygens (including phenoxy) is 2. The molecule has 0 radical (unpaired) electrons. The molecule has 0 unspecified atom stereocenters. The van der Waals surface area contributed by atoms with Gasteiger partial charge in [0.1, 0.15) is 18.3 Å². The number of rotatable bonds is 8.